The third kappa shape index (κ3) is 2.20. The van der Waals surface area contributed by atoms with Crippen LogP contribution in [0, 0.1) is 5.21 Å². The molecule has 0 amide bonds. The molecule has 0 atom stereocenters. The number of hydrogen-bond donors (Lipinski definition) is 2. The summed E-state index contributed by atoms with van der Waals surface area (Å²) in [5.74, 6) is -0.160. The number of aromatic amines is 1. The fourth-order valence-corrected chi connectivity index (χ4v) is 2.43. The summed E-state index contributed by atoms with van der Waals surface area (Å²) in [6.07, 6.45) is 0. The van der Waals surface area contributed by atoms with Gasteiger partial charge < -0.3 is 15.3 Å². The summed E-state index contributed by atoms with van der Waals surface area (Å²) in [5.41, 5.74) is -0.274. The van der Waals surface area contributed by atoms with E-state index in [0.717, 1.165) is 0 Å². The Morgan fingerprint density at radius 1 is 1.14 bits per heavy atom. The van der Waals surface area contributed by atoms with Crippen LogP contribution in [0.2, 0.25) is 10.0 Å². The van der Waals surface area contributed by atoms with Gasteiger partial charge in [-0.15, -0.1) is 0 Å². The molecule has 0 saturated heterocycles. The van der Waals surface area contributed by atoms with Gasteiger partial charge in [-0.3, -0.25) is 4.79 Å². The van der Waals surface area contributed by atoms with Gasteiger partial charge in [-0.2, -0.15) is 4.73 Å². The molecule has 1 heterocycles. The number of fused-ring (bicyclic) bond motifs is 1. The van der Waals surface area contributed by atoms with Crippen LogP contribution in [-0.2, 0) is 0 Å². The van der Waals surface area contributed by atoms with Crippen LogP contribution in [0.1, 0.15) is 0 Å². The van der Waals surface area contributed by atoms with Crippen LogP contribution in [0.25, 0.3) is 22.3 Å². The molecule has 21 heavy (non-hydrogen) atoms. The average molecular weight is 323 g/mol. The van der Waals surface area contributed by atoms with Crippen molar-refractivity contribution in [1.29, 1.82) is 0 Å². The lowest BCUT2D eigenvalue weighted by Crippen LogP contribution is -2.37. The van der Waals surface area contributed by atoms with Crippen LogP contribution in [0.5, 0.6) is 5.75 Å². The highest BCUT2D eigenvalue weighted by Crippen LogP contribution is 2.27. The van der Waals surface area contributed by atoms with Crippen molar-refractivity contribution in [3.63, 3.8) is 0 Å². The Morgan fingerprint density at radius 2 is 1.81 bits per heavy atom. The van der Waals surface area contributed by atoms with Gasteiger partial charge in [0.25, 0.3) is 5.69 Å². The Labute approximate surface area is 128 Å². The smallest absolute Gasteiger partial charge is 0.322 e. The maximum absolute atomic E-state index is 12.4. The van der Waals surface area contributed by atoms with Crippen LogP contribution in [-0.4, -0.2) is 10.1 Å². The molecular formula is C14H8Cl2N2O3. The second-order valence-corrected chi connectivity index (χ2v) is 5.21. The van der Waals surface area contributed by atoms with E-state index in [-0.39, 0.29) is 38.1 Å². The van der Waals surface area contributed by atoms with E-state index in [0.29, 0.717) is 4.73 Å². The minimum Gasteiger partial charge on any atom is -0.618 e. The zero-order valence-corrected chi connectivity index (χ0v) is 11.9. The summed E-state index contributed by atoms with van der Waals surface area (Å²) in [7, 11) is 0. The molecule has 0 radical (unpaired) electrons. The van der Waals surface area contributed by atoms with Crippen molar-refractivity contribution in [2.45, 2.75) is 0 Å². The van der Waals surface area contributed by atoms with E-state index >= 15 is 0 Å². The van der Waals surface area contributed by atoms with Crippen molar-refractivity contribution in [2.75, 3.05) is 0 Å². The predicted octanol–water partition coefficient (Wildman–Crippen LogP) is 2.84. The highest BCUT2D eigenvalue weighted by molar-refractivity contribution is 6.42. The maximum atomic E-state index is 12.4. The Morgan fingerprint density at radius 3 is 2.52 bits per heavy atom. The number of halogens is 2. The zero-order valence-electron chi connectivity index (χ0n) is 10.4. The molecule has 0 unspecified atom stereocenters. The van der Waals surface area contributed by atoms with E-state index in [2.05, 4.69) is 4.98 Å². The van der Waals surface area contributed by atoms with Gasteiger partial charge in [0.05, 0.1) is 15.6 Å². The maximum Gasteiger partial charge on any atom is 0.322 e. The third-order valence-electron chi connectivity index (χ3n) is 3.08. The normalized spacial score (nSPS) is 11.0. The second kappa shape index (κ2) is 4.95. The molecule has 0 saturated carbocycles. The largest absolute Gasteiger partial charge is 0.618 e. The predicted molar refractivity (Wildman–Crippen MR) is 80.6 cm³/mol. The van der Waals surface area contributed by atoms with Crippen molar-refractivity contribution < 1.29 is 9.84 Å². The van der Waals surface area contributed by atoms with Crippen LogP contribution in [0.3, 0.4) is 0 Å². The molecule has 3 rings (SSSR count). The molecule has 7 heteroatoms. The first kappa shape index (κ1) is 13.7. The Hall–Kier alpha value is -2.24. The van der Waals surface area contributed by atoms with Crippen LogP contribution < -0.4 is 10.3 Å². The SMILES string of the molecule is O=c1[nH]c2cc(Cl)c(Cl)cc2[n+]([O-])c1-c1ccccc1O. The fourth-order valence-electron chi connectivity index (χ4n) is 2.10. The minimum absolute atomic E-state index is 0.140. The summed E-state index contributed by atoms with van der Waals surface area (Å²) in [5, 5.41) is 22.7. The Balaban J connectivity index is 2.43. The number of phenolic OH excluding ortho intramolecular Hbond substituents is 1. The molecule has 0 fully saturated rings. The molecule has 0 aliphatic carbocycles. The standard InChI is InChI=1S/C14H8Cl2N2O3/c15-8-5-10-11(6-9(8)16)18(21)13(14(20)17-10)7-3-1-2-4-12(7)19/h1-6,19H,(H,17,20). The number of hydrogen-bond acceptors (Lipinski definition) is 3. The van der Waals surface area contributed by atoms with Crippen molar-refractivity contribution in [2.24, 2.45) is 0 Å². The molecule has 2 aromatic carbocycles. The first-order valence-corrected chi connectivity index (χ1v) is 6.67. The quantitative estimate of drug-likeness (QED) is 0.534. The monoisotopic (exact) mass is 322 g/mol. The molecule has 0 aliphatic rings. The van der Waals surface area contributed by atoms with Gasteiger partial charge in [-0.1, -0.05) is 35.3 Å². The number of nitrogens with zero attached hydrogens (tertiary/aromatic N) is 1. The molecular weight excluding hydrogens is 315 g/mol. The number of aromatic nitrogens is 2. The van der Waals surface area contributed by atoms with Gasteiger partial charge in [0.15, 0.2) is 0 Å². The van der Waals surface area contributed by atoms with Gasteiger partial charge in [0.1, 0.15) is 11.3 Å². The molecule has 3 aromatic rings. The molecule has 0 aliphatic heterocycles. The van der Waals surface area contributed by atoms with Crippen molar-refractivity contribution in [3.8, 4) is 17.0 Å². The Kier molecular flexibility index (Phi) is 3.23. The van der Waals surface area contributed by atoms with E-state index in [9.17, 15) is 15.1 Å². The lowest BCUT2D eigenvalue weighted by molar-refractivity contribution is -0.566. The van der Waals surface area contributed by atoms with Gasteiger partial charge in [-0.25, -0.2) is 0 Å². The fraction of sp³-hybridized carbons (Fsp3) is 0. The molecule has 106 valence electrons. The number of rotatable bonds is 1. The number of benzene rings is 2. The third-order valence-corrected chi connectivity index (χ3v) is 3.81. The number of H-pyrrole nitrogens is 1. The van der Waals surface area contributed by atoms with Crippen LogP contribution in [0.4, 0.5) is 0 Å². The summed E-state index contributed by atoms with van der Waals surface area (Å²) in [6, 6.07) is 8.87. The zero-order chi connectivity index (χ0) is 15.1. The first-order valence-electron chi connectivity index (χ1n) is 5.92. The van der Waals surface area contributed by atoms with Crippen molar-refractivity contribution in [1.82, 2.24) is 4.98 Å². The number of nitrogens with one attached hydrogen (secondary N) is 1. The minimum atomic E-state index is -0.627. The summed E-state index contributed by atoms with van der Waals surface area (Å²) in [4.78, 5) is 14.7. The van der Waals surface area contributed by atoms with E-state index < -0.39 is 5.56 Å². The van der Waals surface area contributed by atoms with Crippen molar-refractivity contribution in [3.05, 3.63) is 62.0 Å². The Bertz CT molecular complexity index is 922. The van der Waals surface area contributed by atoms with Gasteiger partial charge in [0, 0.05) is 6.07 Å². The van der Waals surface area contributed by atoms with Gasteiger partial charge in [0.2, 0.25) is 5.52 Å². The second-order valence-electron chi connectivity index (χ2n) is 4.40. The summed E-state index contributed by atoms with van der Waals surface area (Å²) < 4.78 is 0.436. The first-order chi connectivity index (χ1) is 9.99. The van der Waals surface area contributed by atoms with E-state index in [1.54, 1.807) is 12.1 Å². The number of para-hydroxylation sites is 1. The van der Waals surface area contributed by atoms with E-state index in [1.165, 1.54) is 24.3 Å². The average Bonchev–Trinajstić information content (AvgIpc) is 2.43. The van der Waals surface area contributed by atoms with E-state index in [1.807, 2.05) is 0 Å². The summed E-state index contributed by atoms with van der Waals surface area (Å²) >= 11 is 11.8. The van der Waals surface area contributed by atoms with E-state index in [4.69, 9.17) is 23.2 Å². The number of aromatic hydroxyl groups is 1. The van der Waals surface area contributed by atoms with Gasteiger partial charge in [-0.05, 0) is 18.2 Å². The van der Waals surface area contributed by atoms with Crippen LogP contribution in [0.15, 0.2) is 41.2 Å². The molecule has 5 nitrogen and oxygen atoms in total. The topological polar surface area (TPSA) is 80.0 Å². The molecule has 2 N–H and O–H groups in total. The highest BCUT2D eigenvalue weighted by atomic mass is 35.5. The number of phenols is 1. The highest BCUT2D eigenvalue weighted by Gasteiger charge is 2.22. The molecule has 0 spiro atoms. The summed E-state index contributed by atoms with van der Waals surface area (Å²) in [6.45, 7) is 0. The van der Waals surface area contributed by atoms with Gasteiger partial charge >= 0.3 is 5.56 Å². The molecule has 1 aromatic heterocycles. The van der Waals surface area contributed by atoms with Crippen LogP contribution >= 0.6 is 23.2 Å². The van der Waals surface area contributed by atoms with Crippen molar-refractivity contribution >= 4 is 34.2 Å². The lowest BCUT2D eigenvalue weighted by atomic mass is 10.1. The molecule has 0 bridgehead atoms. The lowest BCUT2D eigenvalue weighted by Gasteiger charge is -2.08.